The molecule has 0 unspecified atom stereocenters. The second kappa shape index (κ2) is 7.89. The number of benzene rings is 1. The van der Waals surface area contributed by atoms with E-state index < -0.39 is 5.82 Å². The van der Waals surface area contributed by atoms with Crippen LogP contribution in [0.5, 0.6) is 0 Å². The van der Waals surface area contributed by atoms with E-state index >= 15 is 0 Å². The average molecular weight is 402 g/mol. The van der Waals surface area contributed by atoms with Gasteiger partial charge in [-0.2, -0.15) is 5.10 Å². The topological polar surface area (TPSA) is 80.0 Å². The van der Waals surface area contributed by atoms with Crippen molar-refractivity contribution in [1.29, 1.82) is 0 Å². The molecule has 2 aromatic heterocycles. The van der Waals surface area contributed by atoms with Crippen molar-refractivity contribution < 1.29 is 9.18 Å². The molecule has 0 saturated carbocycles. The van der Waals surface area contributed by atoms with Gasteiger partial charge in [0, 0.05) is 36.8 Å². The molecule has 1 aliphatic heterocycles. The molecule has 0 aliphatic carbocycles. The van der Waals surface area contributed by atoms with Gasteiger partial charge < -0.3 is 9.80 Å². The minimum Gasteiger partial charge on any atom is -0.352 e. The first kappa shape index (κ1) is 18.3. The van der Waals surface area contributed by atoms with Crippen molar-refractivity contribution in [2.24, 2.45) is 0 Å². The lowest BCUT2D eigenvalue weighted by Gasteiger charge is -2.35. The number of rotatable bonds is 4. The van der Waals surface area contributed by atoms with E-state index in [4.69, 9.17) is 11.6 Å². The van der Waals surface area contributed by atoms with Crippen molar-refractivity contribution in [1.82, 2.24) is 29.9 Å². The summed E-state index contributed by atoms with van der Waals surface area (Å²) in [6, 6.07) is 8.11. The van der Waals surface area contributed by atoms with Crippen molar-refractivity contribution in [3.63, 3.8) is 0 Å². The molecule has 28 heavy (non-hydrogen) atoms. The third-order valence-corrected chi connectivity index (χ3v) is 4.99. The SMILES string of the molecule is O=C(Cc1c(F)cccc1Cl)N1CCN(c2ccc(-n3cncn3)nn2)CC1. The molecule has 0 radical (unpaired) electrons. The lowest BCUT2D eigenvalue weighted by molar-refractivity contribution is -0.130. The molecule has 4 rings (SSSR count). The molecule has 1 saturated heterocycles. The second-order valence-electron chi connectivity index (χ2n) is 6.33. The fraction of sp³-hybridized carbons (Fsp3) is 0.278. The zero-order chi connectivity index (χ0) is 19.5. The number of aromatic nitrogens is 5. The lowest BCUT2D eigenvalue weighted by atomic mass is 10.1. The highest BCUT2D eigenvalue weighted by Gasteiger charge is 2.23. The first-order chi connectivity index (χ1) is 13.6. The molecular weight excluding hydrogens is 385 g/mol. The van der Waals surface area contributed by atoms with Gasteiger partial charge in [-0.1, -0.05) is 17.7 Å². The van der Waals surface area contributed by atoms with Crippen molar-refractivity contribution in [3.8, 4) is 5.82 Å². The number of carbonyl (C=O) groups is 1. The molecule has 0 atom stereocenters. The summed E-state index contributed by atoms with van der Waals surface area (Å²) >= 11 is 6.02. The molecule has 3 heterocycles. The summed E-state index contributed by atoms with van der Waals surface area (Å²) in [5.74, 6) is 0.714. The summed E-state index contributed by atoms with van der Waals surface area (Å²) in [5.41, 5.74) is 0.242. The Bertz CT molecular complexity index is 936. The lowest BCUT2D eigenvalue weighted by Crippen LogP contribution is -2.49. The molecule has 0 N–H and O–H groups in total. The Labute approximate surface area is 165 Å². The van der Waals surface area contributed by atoms with Gasteiger partial charge in [-0.15, -0.1) is 10.2 Å². The van der Waals surface area contributed by atoms with Gasteiger partial charge in [-0.05, 0) is 24.3 Å². The number of anilines is 1. The van der Waals surface area contributed by atoms with E-state index in [1.54, 1.807) is 17.3 Å². The van der Waals surface area contributed by atoms with Crippen molar-refractivity contribution >= 4 is 23.3 Å². The largest absolute Gasteiger partial charge is 0.352 e. The molecule has 1 amide bonds. The summed E-state index contributed by atoms with van der Waals surface area (Å²) in [4.78, 5) is 20.2. The molecule has 0 spiro atoms. The van der Waals surface area contributed by atoms with E-state index in [2.05, 4.69) is 25.2 Å². The maximum absolute atomic E-state index is 13.9. The number of halogens is 2. The highest BCUT2D eigenvalue weighted by molar-refractivity contribution is 6.31. The van der Waals surface area contributed by atoms with Gasteiger partial charge >= 0.3 is 0 Å². The smallest absolute Gasteiger partial charge is 0.227 e. The summed E-state index contributed by atoms with van der Waals surface area (Å²) in [7, 11) is 0. The Morgan fingerprint density at radius 2 is 1.82 bits per heavy atom. The third kappa shape index (κ3) is 3.79. The van der Waals surface area contributed by atoms with Crippen LogP contribution in [0.25, 0.3) is 5.82 Å². The monoisotopic (exact) mass is 401 g/mol. The van der Waals surface area contributed by atoms with Crippen LogP contribution in [0.15, 0.2) is 43.0 Å². The number of amides is 1. The summed E-state index contributed by atoms with van der Waals surface area (Å²) < 4.78 is 15.4. The highest BCUT2D eigenvalue weighted by atomic mass is 35.5. The van der Waals surface area contributed by atoms with Crippen molar-refractivity contribution in [2.75, 3.05) is 31.1 Å². The summed E-state index contributed by atoms with van der Waals surface area (Å²) in [6.45, 7) is 2.29. The van der Waals surface area contributed by atoms with Gasteiger partial charge in [0.25, 0.3) is 0 Å². The predicted molar refractivity (Wildman–Crippen MR) is 101 cm³/mol. The Kier molecular flexibility index (Phi) is 5.16. The van der Waals surface area contributed by atoms with E-state index in [-0.39, 0.29) is 22.9 Å². The Morgan fingerprint density at radius 1 is 1.07 bits per heavy atom. The van der Waals surface area contributed by atoms with Crippen LogP contribution in [-0.4, -0.2) is 61.9 Å². The zero-order valence-electron chi connectivity index (χ0n) is 14.9. The normalized spacial score (nSPS) is 14.4. The van der Waals surface area contributed by atoms with Gasteiger partial charge in [0.2, 0.25) is 5.91 Å². The van der Waals surface area contributed by atoms with Gasteiger partial charge in [-0.25, -0.2) is 14.1 Å². The summed E-state index contributed by atoms with van der Waals surface area (Å²) in [5, 5.41) is 12.7. The van der Waals surface area contributed by atoms with Crippen LogP contribution in [0, 0.1) is 5.82 Å². The van der Waals surface area contributed by atoms with Crippen LogP contribution < -0.4 is 4.90 Å². The summed E-state index contributed by atoms with van der Waals surface area (Å²) in [6.07, 6.45) is 2.94. The van der Waals surface area contributed by atoms with Crippen LogP contribution >= 0.6 is 11.6 Å². The van der Waals surface area contributed by atoms with E-state index in [9.17, 15) is 9.18 Å². The number of carbonyl (C=O) groups excluding carboxylic acids is 1. The van der Waals surface area contributed by atoms with Crippen LogP contribution in [0.1, 0.15) is 5.56 Å². The second-order valence-corrected chi connectivity index (χ2v) is 6.74. The molecule has 0 bridgehead atoms. The highest BCUT2D eigenvalue weighted by Crippen LogP contribution is 2.21. The van der Waals surface area contributed by atoms with Crippen molar-refractivity contribution in [3.05, 3.63) is 59.4 Å². The van der Waals surface area contributed by atoms with Gasteiger partial charge in [-0.3, -0.25) is 4.79 Å². The molecule has 10 heteroatoms. The van der Waals surface area contributed by atoms with Gasteiger partial charge in [0.15, 0.2) is 11.6 Å². The molecule has 1 aliphatic rings. The van der Waals surface area contributed by atoms with Crippen molar-refractivity contribution in [2.45, 2.75) is 6.42 Å². The van der Waals surface area contributed by atoms with E-state index in [0.29, 0.717) is 32.0 Å². The maximum atomic E-state index is 13.9. The molecule has 144 valence electrons. The molecule has 3 aromatic rings. The standard InChI is InChI=1S/C18H17ClFN7O/c19-14-2-1-3-15(20)13(14)10-18(28)26-8-6-25(7-9-26)16-4-5-17(24-23-16)27-12-21-11-22-27/h1-5,11-12H,6-10H2. The predicted octanol–water partition coefficient (Wildman–Crippen LogP) is 1.74. The Balaban J connectivity index is 1.36. The van der Waals surface area contributed by atoms with Crippen LogP contribution in [0.4, 0.5) is 10.2 Å². The van der Waals surface area contributed by atoms with Crippen LogP contribution in [0.2, 0.25) is 5.02 Å². The Morgan fingerprint density at radius 3 is 2.46 bits per heavy atom. The molecular formula is C18H17ClFN7O. The number of nitrogens with zero attached hydrogens (tertiary/aromatic N) is 7. The number of hydrogen-bond acceptors (Lipinski definition) is 6. The van der Waals surface area contributed by atoms with E-state index in [1.165, 1.54) is 23.1 Å². The minimum absolute atomic E-state index is 0.0437. The van der Waals surface area contributed by atoms with Crippen LogP contribution in [0.3, 0.4) is 0 Å². The first-order valence-electron chi connectivity index (χ1n) is 8.76. The quantitative estimate of drug-likeness (QED) is 0.662. The van der Waals surface area contributed by atoms with Gasteiger partial charge in [0.1, 0.15) is 18.5 Å². The van der Waals surface area contributed by atoms with Crippen LogP contribution in [-0.2, 0) is 11.2 Å². The maximum Gasteiger partial charge on any atom is 0.227 e. The molecule has 1 fully saturated rings. The fourth-order valence-electron chi connectivity index (χ4n) is 3.08. The fourth-order valence-corrected chi connectivity index (χ4v) is 3.31. The first-order valence-corrected chi connectivity index (χ1v) is 9.14. The van der Waals surface area contributed by atoms with Gasteiger partial charge in [0.05, 0.1) is 6.42 Å². The minimum atomic E-state index is -0.456. The average Bonchev–Trinajstić information content (AvgIpc) is 3.26. The third-order valence-electron chi connectivity index (χ3n) is 4.64. The number of hydrogen-bond donors (Lipinski definition) is 0. The van der Waals surface area contributed by atoms with E-state index in [0.717, 1.165) is 5.82 Å². The Hall–Kier alpha value is -3.07. The van der Waals surface area contributed by atoms with E-state index in [1.807, 2.05) is 12.1 Å². The zero-order valence-corrected chi connectivity index (χ0v) is 15.6. The molecule has 1 aromatic carbocycles. The molecule has 8 nitrogen and oxygen atoms in total. The number of piperazine rings is 1.